The number of nitrogens with zero attached hydrogens (tertiary/aromatic N) is 1. The number of hydrogen-bond acceptors (Lipinski definition) is 4. The molecule has 1 saturated heterocycles. The number of benzene rings is 2. The zero-order valence-electron chi connectivity index (χ0n) is 15.3. The zero-order valence-corrected chi connectivity index (χ0v) is 16.2. The summed E-state index contributed by atoms with van der Waals surface area (Å²) in [7, 11) is -3.80. The van der Waals surface area contributed by atoms with Crippen molar-refractivity contribution in [2.75, 3.05) is 0 Å². The molecule has 26 heavy (non-hydrogen) atoms. The van der Waals surface area contributed by atoms with Crippen molar-refractivity contribution in [3.8, 4) is 0 Å². The number of rotatable bonds is 4. The summed E-state index contributed by atoms with van der Waals surface area (Å²) in [5.41, 5.74) is 1.07. The van der Waals surface area contributed by atoms with Crippen molar-refractivity contribution in [2.45, 2.75) is 50.3 Å². The summed E-state index contributed by atoms with van der Waals surface area (Å²) in [5, 5.41) is 0. The minimum absolute atomic E-state index is 0.176. The van der Waals surface area contributed by atoms with Crippen LogP contribution >= 0.6 is 0 Å². The molecule has 0 saturated carbocycles. The molecule has 0 N–H and O–H groups in total. The standard InChI is InChI=1S/C20H23NO4S/c1-14-10-12-16(13-11-14)26(23,24)21-17(15-8-6-5-7-9-15)18(21)19(22)25-20(2,3)4/h5-13,17-18H,1-4H3. The number of hydrogen-bond donors (Lipinski definition) is 0. The average Bonchev–Trinajstić information content (AvgIpc) is 3.31. The smallest absolute Gasteiger partial charge is 0.327 e. The predicted molar refractivity (Wildman–Crippen MR) is 99.0 cm³/mol. The molecule has 1 aliphatic heterocycles. The maximum Gasteiger partial charge on any atom is 0.327 e. The predicted octanol–water partition coefficient (Wildman–Crippen LogP) is 3.45. The Kier molecular flexibility index (Phi) is 4.67. The van der Waals surface area contributed by atoms with E-state index in [-0.39, 0.29) is 4.90 Å². The number of sulfonamides is 1. The van der Waals surface area contributed by atoms with Gasteiger partial charge in [-0.1, -0.05) is 48.0 Å². The summed E-state index contributed by atoms with van der Waals surface area (Å²) in [6.45, 7) is 7.20. The molecule has 5 nitrogen and oxygen atoms in total. The van der Waals surface area contributed by atoms with Crippen LogP contribution in [0.5, 0.6) is 0 Å². The van der Waals surface area contributed by atoms with E-state index in [4.69, 9.17) is 4.74 Å². The zero-order chi connectivity index (χ0) is 19.1. The van der Waals surface area contributed by atoms with Crippen LogP contribution in [0, 0.1) is 6.92 Å². The molecule has 6 heteroatoms. The Balaban J connectivity index is 1.97. The lowest BCUT2D eigenvalue weighted by atomic mass is 10.1. The molecule has 3 unspecified atom stereocenters. The molecule has 1 fully saturated rings. The fraction of sp³-hybridized carbons (Fsp3) is 0.350. The van der Waals surface area contributed by atoms with Crippen molar-refractivity contribution in [2.24, 2.45) is 0 Å². The molecule has 0 bridgehead atoms. The highest BCUT2D eigenvalue weighted by atomic mass is 32.2. The molecule has 1 aliphatic rings. The first kappa shape index (κ1) is 18.6. The molecular formula is C20H23NO4S. The van der Waals surface area contributed by atoms with Gasteiger partial charge in [-0.3, -0.25) is 4.79 Å². The fourth-order valence-electron chi connectivity index (χ4n) is 2.92. The Morgan fingerprint density at radius 2 is 1.58 bits per heavy atom. The quantitative estimate of drug-likeness (QED) is 0.608. The third-order valence-electron chi connectivity index (χ3n) is 4.14. The van der Waals surface area contributed by atoms with Crippen molar-refractivity contribution in [1.29, 1.82) is 0 Å². The van der Waals surface area contributed by atoms with Gasteiger partial charge in [0, 0.05) is 0 Å². The van der Waals surface area contributed by atoms with Crippen LogP contribution in [0.1, 0.15) is 37.9 Å². The molecule has 3 rings (SSSR count). The number of carbonyl (C=O) groups excluding carboxylic acids is 1. The second kappa shape index (κ2) is 6.52. The highest BCUT2D eigenvalue weighted by molar-refractivity contribution is 7.89. The SMILES string of the molecule is Cc1ccc(S(=O)(=O)N2C(C(=O)OC(C)(C)C)C2c2ccccc2)cc1. The van der Waals surface area contributed by atoms with Gasteiger partial charge >= 0.3 is 5.97 Å². The van der Waals surface area contributed by atoms with Crippen molar-refractivity contribution in [1.82, 2.24) is 4.31 Å². The van der Waals surface area contributed by atoms with Gasteiger partial charge < -0.3 is 4.74 Å². The first-order valence-electron chi connectivity index (χ1n) is 8.49. The van der Waals surface area contributed by atoms with E-state index in [0.29, 0.717) is 0 Å². The van der Waals surface area contributed by atoms with Crippen LogP contribution in [0.3, 0.4) is 0 Å². The van der Waals surface area contributed by atoms with Crippen LogP contribution in [-0.2, 0) is 19.6 Å². The summed E-state index contributed by atoms with van der Waals surface area (Å²) < 4.78 is 32.9. The number of esters is 1. The van der Waals surface area contributed by atoms with E-state index >= 15 is 0 Å². The van der Waals surface area contributed by atoms with Gasteiger partial charge in [0.25, 0.3) is 0 Å². The summed E-state index contributed by atoms with van der Waals surface area (Å²) in [6.07, 6.45) is 0. The van der Waals surface area contributed by atoms with Gasteiger partial charge in [-0.25, -0.2) is 8.42 Å². The monoisotopic (exact) mass is 373 g/mol. The topological polar surface area (TPSA) is 63.5 Å². The van der Waals surface area contributed by atoms with Crippen LogP contribution in [0.4, 0.5) is 0 Å². The minimum Gasteiger partial charge on any atom is -0.459 e. The van der Waals surface area contributed by atoms with Crippen LogP contribution in [0.2, 0.25) is 0 Å². The number of ether oxygens (including phenoxy) is 1. The lowest BCUT2D eigenvalue weighted by Gasteiger charge is -2.19. The maximum atomic E-state index is 13.1. The molecule has 3 atom stereocenters. The average molecular weight is 373 g/mol. The molecule has 1 heterocycles. The van der Waals surface area contributed by atoms with E-state index < -0.39 is 33.7 Å². The summed E-state index contributed by atoms with van der Waals surface area (Å²) in [4.78, 5) is 12.8. The Hall–Kier alpha value is -2.18. The summed E-state index contributed by atoms with van der Waals surface area (Å²) in [5.74, 6) is -0.526. The number of aryl methyl sites for hydroxylation is 1. The molecular weight excluding hydrogens is 350 g/mol. The van der Waals surface area contributed by atoms with Crippen LogP contribution in [0.15, 0.2) is 59.5 Å². The lowest BCUT2D eigenvalue weighted by Crippen LogP contribution is -2.29. The van der Waals surface area contributed by atoms with Crippen LogP contribution < -0.4 is 0 Å². The first-order chi connectivity index (χ1) is 12.1. The molecule has 2 aromatic carbocycles. The van der Waals surface area contributed by atoms with Gasteiger partial charge in [0.15, 0.2) is 0 Å². The molecule has 0 aromatic heterocycles. The second-order valence-corrected chi connectivity index (χ2v) is 9.33. The normalized spacial score (nSPS) is 22.7. The Bertz CT molecular complexity index is 899. The molecule has 0 amide bonds. The van der Waals surface area contributed by atoms with Crippen molar-refractivity contribution in [3.05, 3.63) is 65.7 Å². The highest BCUT2D eigenvalue weighted by Gasteiger charge is 2.61. The molecule has 2 aromatic rings. The third-order valence-corrected chi connectivity index (χ3v) is 6.02. The third kappa shape index (κ3) is 3.66. The van der Waals surface area contributed by atoms with E-state index in [2.05, 4.69) is 0 Å². The van der Waals surface area contributed by atoms with E-state index in [1.807, 2.05) is 37.3 Å². The van der Waals surface area contributed by atoms with Gasteiger partial charge in [-0.2, -0.15) is 4.31 Å². The van der Waals surface area contributed by atoms with Gasteiger partial charge in [-0.15, -0.1) is 0 Å². The summed E-state index contributed by atoms with van der Waals surface area (Å²) >= 11 is 0. The van der Waals surface area contributed by atoms with Crippen LogP contribution in [0.25, 0.3) is 0 Å². The lowest BCUT2D eigenvalue weighted by molar-refractivity contribution is -0.154. The van der Waals surface area contributed by atoms with Gasteiger partial charge in [0.05, 0.1) is 10.9 Å². The Labute approximate surface area is 154 Å². The van der Waals surface area contributed by atoms with E-state index in [9.17, 15) is 13.2 Å². The number of carbonyl (C=O) groups is 1. The Morgan fingerprint density at radius 3 is 2.12 bits per heavy atom. The Morgan fingerprint density at radius 1 is 1.00 bits per heavy atom. The van der Waals surface area contributed by atoms with Gasteiger partial charge in [-0.05, 0) is 45.4 Å². The molecule has 0 aliphatic carbocycles. The van der Waals surface area contributed by atoms with Crippen molar-refractivity contribution in [3.63, 3.8) is 0 Å². The highest BCUT2D eigenvalue weighted by Crippen LogP contribution is 2.48. The fourth-order valence-corrected chi connectivity index (χ4v) is 4.62. The van der Waals surface area contributed by atoms with E-state index in [1.54, 1.807) is 45.0 Å². The minimum atomic E-state index is -3.80. The second-order valence-electron chi connectivity index (χ2n) is 7.48. The first-order valence-corrected chi connectivity index (χ1v) is 9.93. The van der Waals surface area contributed by atoms with Crippen LogP contribution in [-0.4, -0.2) is 30.3 Å². The van der Waals surface area contributed by atoms with E-state index in [1.165, 1.54) is 4.31 Å². The largest absolute Gasteiger partial charge is 0.459 e. The maximum absolute atomic E-state index is 13.1. The van der Waals surface area contributed by atoms with Gasteiger partial charge in [0.1, 0.15) is 11.6 Å². The van der Waals surface area contributed by atoms with Crippen molar-refractivity contribution < 1.29 is 17.9 Å². The summed E-state index contributed by atoms with van der Waals surface area (Å²) in [6, 6.07) is 14.4. The van der Waals surface area contributed by atoms with Gasteiger partial charge in [0.2, 0.25) is 10.0 Å². The molecule has 0 radical (unpaired) electrons. The van der Waals surface area contributed by atoms with E-state index in [0.717, 1.165) is 11.1 Å². The van der Waals surface area contributed by atoms with Crippen molar-refractivity contribution >= 4 is 16.0 Å². The molecule has 0 spiro atoms. The molecule has 138 valence electrons.